The Morgan fingerprint density at radius 1 is 1.17 bits per heavy atom. The second-order valence-electron chi connectivity index (χ2n) is 4.93. The van der Waals surface area contributed by atoms with Crippen LogP contribution in [0, 0.1) is 0 Å². The van der Waals surface area contributed by atoms with E-state index in [0.717, 1.165) is 10.0 Å². The standard InChI is InChI=1S/C16H19BrN2O3S/c1-5-21-13-9-10(7-11(17)14(13)22-6-2)8-12-15(20)19(4)16(23)18(12)3/h7-9H,5-6H2,1-4H3. The van der Waals surface area contributed by atoms with Crippen molar-refractivity contribution in [1.82, 2.24) is 9.80 Å². The van der Waals surface area contributed by atoms with E-state index in [9.17, 15) is 4.79 Å². The van der Waals surface area contributed by atoms with Crippen LogP contribution >= 0.6 is 28.1 Å². The number of hydrogen-bond acceptors (Lipinski definition) is 4. The van der Waals surface area contributed by atoms with Crippen LogP contribution in [0.2, 0.25) is 0 Å². The number of nitrogens with zero attached hydrogens (tertiary/aromatic N) is 2. The van der Waals surface area contributed by atoms with E-state index < -0.39 is 0 Å². The van der Waals surface area contributed by atoms with Crippen LogP contribution in [-0.4, -0.2) is 48.1 Å². The second kappa shape index (κ2) is 7.31. The molecule has 1 heterocycles. The molecule has 0 aromatic heterocycles. The Bertz CT molecular complexity index is 676. The highest BCUT2D eigenvalue weighted by Crippen LogP contribution is 2.38. The van der Waals surface area contributed by atoms with Gasteiger partial charge < -0.3 is 14.4 Å². The normalized spacial score (nSPS) is 16.5. The number of ether oxygens (including phenoxy) is 2. The van der Waals surface area contributed by atoms with Gasteiger partial charge in [-0.25, -0.2) is 0 Å². The molecule has 0 radical (unpaired) electrons. The lowest BCUT2D eigenvalue weighted by Gasteiger charge is -2.14. The van der Waals surface area contributed by atoms with Crippen molar-refractivity contribution in [3.8, 4) is 11.5 Å². The Hall–Kier alpha value is -1.60. The first kappa shape index (κ1) is 17.7. The summed E-state index contributed by atoms with van der Waals surface area (Å²) in [4.78, 5) is 15.4. The molecule has 0 spiro atoms. The maximum absolute atomic E-state index is 12.3. The van der Waals surface area contributed by atoms with E-state index in [1.165, 1.54) is 4.90 Å². The van der Waals surface area contributed by atoms with Crippen LogP contribution in [-0.2, 0) is 4.79 Å². The lowest BCUT2D eigenvalue weighted by Crippen LogP contribution is -2.26. The van der Waals surface area contributed by atoms with Crippen LogP contribution in [0.4, 0.5) is 0 Å². The van der Waals surface area contributed by atoms with Crippen molar-refractivity contribution in [3.63, 3.8) is 0 Å². The quantitative estimate of drug-likeness (QED) is 0.562. The number of hydrogen-bond donors (Lipinski definition) is 0. The molecule has 0 unspecified atom stereocenters. The Morgan fingerprint density at radius 3 is 2.35 bits per heavy atom. The molecule has 0 N–H and O–H groups in total. The van der Waals surface area contributed by atoms with Crippen LogP contribution in [0.15, 0.2) is 22.3 Å². The Morgan fingerprint density at radius 2 is 1.83 bits per heavy atom. The average Bonchev–Trinajstić information content (AvgIpc) is 2.69. The number of rotatable bonds is 5. The highest BCUT2D eigenvalue weighted by molar-refractivity contribution is 9.10. The molecular weight excluding hydrogens is 380 g/mol. The maximum Gasteiger partial charge on any atom is 0.276 e. The molecule has 0 saturated carbocycles. The molecule has 2 rings (SSSR count). The third-order valence-electron chi connectivity index (χ3n) is 3.38. The van der Waals surface area contributed by atoms with Gasteiger partial charge in [-0.2, -0.15) is 0 Å². The smallest absolute Gasteiger partial charge is 0.276 e. The van der Waals surface area contributed by atoms with Gasteiger partial charge in [0.15, 0.2) is 16.6 Å². The molecule has 7 heteroatoms. The van der Waals surface area contributed by atoms with Crippen molar-refractivity contribution in [2.24, 2.45) is 0 Å². The van der Waals surface area contributed by atoms with E-state index >= 15 is 0 Å². The van der Waals surface area contributed by atoms with Gasteiger partial charge in [0.2, 0.25) is 0 Å². The highest BCUT2D eigenvalue weighted by Gasteiger charge is 2.32. The van der Waals surface area contributed by atoms with Crippen molar-refractivity contribution in [2.75, 3.05) is 27.3 Å². The fourth-order valence-corrected chi connectivity index (χ4v) is 3.02. The van der Waals surface area contributed by atoms with Gasteiger partial charge in [-0.05, 0) is 65.8 Å². The fraction of sp³-hybridized carbons (Fsp3) is 0.375. The summed E-state index contributed by atoms with van der Waals surface area (Å²) in [5, 5.41) is 0.483. The van der Waals surface area contributed by atoms with Crippen molar-refractivity contribution < 1.29 is 14.3 Å². The van der Waals surface area contributed by atoms with Crippen LogP contribution in [0.1, 0.15) is 19.4 Å². The van der Waals surface area contributed by atoms with Crippen LogP contribution in [0.25, 0.3) is 6.08 Å². The number of carbonyl (C=O) groups excluding carboxylic acids is 1. The molecule has 1 aliphatic heterocycles. The van der Waals surface area contributed by atoms with Crippen LogP contribution in [0.5, 0.6) is 11.5 Å². The number of amides is 1. The number of likely N-dealkylation sites (N-methyl/N-ethyl adjacent to an activating group) is 2. The molecule has 1 aliphatic rings. The third kappa shape index (κ3) is 3.50. The summed E-state index contributed by atoms with van der Waals surface area (Å²) in [5.74, 6) is 1.18. The zero-order valence-electron chi connectivity index (χ0n) is 13.6. The summed E-state index contributed by atoms with van der Waals surface area (Å²) in [6.07, 6.45) is 1.79. The van der Waals surface area contributed by atoms with Gasteiger partial charge in [0, 0.05) is 14.1 Å². The van der Waals surface area contributed by atoms with E-state index in [0.29, 0.717) is 35.5 Å². The van der Waals surface area contributed by atoms with Gasteiger partial charge in [0.05, 0.1) is 17.7 Å². The highest BCUT2D eigenvalue weighted by atomic mass is 79.9. The van der Waals surface area contributed by atoms with E-state index in [4.69, 9.17) is 21.7 Å². The molecule has 5 nitrogen and oxygen atoms in total. The first-order chi connectivity index (χ1) is 10.9. The van der Waals surface area contributed by atoms with Crippen molar-refractivity contribution in [1.29, 1.82) is 0 Å². The van der Waals surface area contributed by atoms with E-state index in [1.807, 2.05) is 26.0 Å². The minimum absolute atomic E-state index is 0.125. The average molecular weight is 399 g/mol. The van der Waals surface area contributed by atoms with E-state index in [1.54, 1.807) is 25.1 Å². The van der Waals surface area contributed by atoms with Gasteiger partial charge in [-0.15, -0.1) is 0 Å². The van der Waals surface area contributed by atoms with Crippen molar-refractivity contribution in [2.45, 2.75) is 13.8 Å². The zero-order valence-corrected chi connectivity index (χ0v) is 16.0. The monoisotopic (exact) mass is 398 g/mol. The minimum Gasteiger partial charge on any atom is -0.490 e. The van der Waals surface area contributed by atoms with Gasteiger partial charge in [-0.1, -0.05) is 0 Å². The van der Waals surface area contributed by atoms with Gasteiger partial charge in [0.1, 0.15) is 5.70 Å². The summed E-state index contributed by atoms with van der Waals surface area (Å²) in [7, 11) is 3.45. The zero-order chi connectivity index (χ0) is 17.1. The van der Waals surface area contributed by atoms with Crippen molar-refractivity contribution >= 4 is 45.2 Å². The maximum atomic E-state index is 12.3. The van der Waals surface area contributed by atoms with Gasteiger partial charge >= 0.3 is 0 Å². The third-order valence-corrected chi connectivity index (χ3v) is 4.52. The molecule has 1 aromatic carbocycles. The minimum atomic E-state index is -0.125. The first-order valence-corrected chi connectivity index (χ1v) is 8.47. The van der Waals surface area contributed by atoms with Crippen LogP contribution in [0.3, 0.4) is 0 Å². The summed E-state index contributed by atoms with van der Waals surface area (Å²) < 4.78 is 12.1. The predicted molar refractivity (Wildman–Crippen MR) is 97.6 cm³/mol. The van der Waals surface area contributed by atoms with E-state index in [-0.39, 0.29) is 5.91 Å². The Labute approximate surface area is 150 Å². The molecular formula is C16H19BrN2O3S. The SMILES string of the molecule is CCOc1cc(C=C2C(=O)N(C)C(=S)N2C)cc(Br)c1OCC. The molecule has 23 heavy (non-hydrogen) atoms. The summed E-state index contributed by atoms with van der Waals surface area (Å²) in [6, 6.07) is 3.75. The summed E-state index contributed by atoms with van der Waals surface area (Å²) in [5.41, 5.74) is 1.35. The van der Waals surface area contributed by atoms with E-state index in [2.05, 4.69) is 15.9 Å². The van der Waals surface area contributed by atoms with Gasteiger partial charge in [-0.3, -0.25) is 9.69 Å². The predicted octanol–water partition coefficient (Wildman–Crippen LogP) is 3.28. The molecule has 124 valence electrons. The van der Waals surface area contributed by atoms with Crippen LogP contribution < -0.4 is 9.47 Å². The largest absolute Gasteiger partial charge is 0.490 e. The molecule has 0 aliphatic carbocycles. The Balaban J connectivity index is 2.46. The number of carbonyl (C=O) groups is 1. The lowest BCUT2D eigenvalue weighted by molar-refractivity contribution is -0.121. The van der Waals surface area contributed by atoms with Crippen molar-refractivity contribution in [3.05, 3.63) is 27.9 Å². The number of benzene rings is 1. The summed E-state index contributed by atoms with van der Waals surface area (Å²) in [6.45, 7) is 4.90. The fourth-order valence-electron chi connectivity index (χ4n) is 2.27. The topological polar surface area (TPSA) is 42.0 Å². The second-order valence-corrected chi connectivity index (χ2v) is 6.15. The summed E-state index contributed by atoms with van der Waals surface area (Å²) >= 11 is 8.72. The first-order valence-electron chi connectivity index (χ1n) is 7.27. The molecule has 1 aromatic rings. The lowest BCUT2D eigenvalue weighted by atomic mass is 10.1. The number of thiocarbonyl (C=S) groups is 1. The Kier molecular flexibility index (Phi) is 5.64. The molecule has 1 saturated heterocycles. The molecule has 1 fully saturated rings. The molecule has 1 amide bonds. The molecule has 0 bridgehead atoms. The number of halogens is 1. The van der Waals surface area contributed by atoms with Gasteiger partial charge in [0.25, 0.3) is 5.91 Å². The molecule has 0 atom stereocenters.